The Morgan fingerprint density at radius 2 is 0.349 bits per heavy atom. The van der Waals surface area contributed by atoms with Crippen LogP contribution in [0.1, 0.15) is 0 Å². The molecule has 0 saturated carbocycles. The van der Waals surface area contributed by atoms with Gasteiger partial charge in [-0.05, 0) is 158 Å². The van der Waals surface area contributed by atoms with E-state index in [-0.39, 0.29) is 0 Å². The van der Waals surface area contributed by atoms with Crippen molar-refractivity contribution in [2.45, 2.75) is 0 Å². The lowest BCUT2D eigenvalue weighted by molar-refractivity contribution is 1.08. The molecule has 0 atom stereocenters. The van der Waals surface area contributed by atoms with Gasteiger partial charge < -0.3 is 27.4 Å². The summed E-state index contributed by atoms with van der Waals surface area (Å²) in [5.41, 5.74) is 29.9. The first kappa shape index (κ1) is 72.8. The van der Waals surface area contributed by atoms with Crippen LogP contribution in [0, 0.1) is 0 Å². The molecule has 0 aliphatic heterocycles. The topological polar surface area (TPSA) is 94.0 Å². The summed E-state index contributed by atoms with van der Waals surface area (Å²) in [4.78, 5) is 24.4. The molecule has 0 unspecified atom stereocenters. The van der Waals surface area contributed by atoms with Crippen LogP contribution in [0.3, 0.4) is 0 Å². The summed E-state index contributed by atoms with van der Waals surface area (Å²) in [7, 11) is 0. The van der Waals surface area contributed by atoms with Crippen LogP contribution >= 0.6 is 0 Å². The van der Waals surface area contributed by atoms with Gasteiger partial charge in [0.1, 0.15) is 0 Å². The maximum absolute atomic E-state index is 5.08. The van der Waals surface area contributed by atoms with Crippen LogP contribution in [-0.2, 0) is 0 Å². The third-order valence-corrected chi connectivity index (χ3v) is 24.8. The fourth-order valence-corrected chi connectivity index (χ4v) is 19.0. The van der Waals surface area contributed by atoms with Crippen molar-refractivity contribution >= 4 is 131 Å². The Balaban J connectivity index is 0.000000106. The second kappa shape index (κ2) is 30.5. The van der Waals surface area contributed by atoms with Gasteiger partial charge in [0.15, 0.2) is 5.82 Å². The molecule has 16 aromatic carbocycles. The van der Waals surface area contributed by atoms with Gasteiger partial charge in [-0.1, -0.05) is 273 Å². The largest absolute Gasteiger partial charge is 0.309 e. The minimum atomic E-state index is 0.688. The third-order valence-electron chi connectivity index (χ3n) is 24.8. The van der Waals surface area contributed by atoms with Gasteiger partial charge >= 0.3 is 0 Å². The SMILES string of the molecule is c1cc(-c2ccc(-n3c4ccccc4c4ccccc43)cc2)nc(-c2ccc(-n3c4ccccc4c4ccccc43)cc2)c1.c1ccc(-c2cc3c4ccccc4n(-c4ccc(-n5c6ccccc6c6ccccc65)cc4)c3cn2)cc1.c1ccc(-c2cc3c4ccccc4n(-c4cnc(-c5ccc(-n6c7ccccc7c7ccccc76)cc5)nc4)c3cn2)cc1. The van der Waals surface area contributed by atoms with Gasteiger partial charge in [-0.2, -0.15) is 0 Å². The Morgan fingerprint density at radius 3 is 0.627 bits per heavy atom. The van der Waals surface area contributed by atoms with Crippen molar-refractivity contribution in [2.24, 2.45) is 0 Å². The van der Waals surface area contributed by atoms with Crippen LogP contribution in [0.2, 0.25) is 0 Å². The summed E-state index contributed by atoms with van der Waals surface area (Å²) in [6.45, 7) is 0. The molecule has 10 heterocycles. The van der Waals surface area contributed by atoms with E-state index in [2.05, 4.69) is 434 Å². The molecule has 0 spiro atoms. The number of pyridine rings is 3. The lowest BCUT2D eigenvalue weighted by Crippen LogP contribution is -1.98. The number of nitrogens with zero attached hydrogens (tertiary/aromatic N) is 11. The summed E-state index contributed by atoms with van der Waals surface area (Å²) in [6, 6.07) is 152. The number of rotatable bonds is 11. The standard InChI is InChI=1S/C41H27N3.C39H25N5.C35H23N3/c1-5-16-38-32(10-1)33-11-2-6-17-39(33)43(38)30-24-20-28(21-25-30)36-14-9-15-37(42-36)29-22-26-31(27-23-29)44-40-18-7-3-12-34(40)35-13-4-8-19-41(35)44;1-2-10-26(11-3-1)34-22-33-32-14-6-9-17-37(32)44(38(33)25-40-34)29-23-41-39(42-24-29)27-18-20-28(21-19-27)43-35-15-7-4-12-30(35)31-13-5-8-16-36(31)43;1-2-10-24(11-3-1)31-22-30-29-14-6-9-17-34(29)38(35(30)23-36-31)26-20-18-25(19-21-26)37-32-15-7-4-12-27(32)28-13-5-8-16-33(28)37/h1-27H;1-25H;1-23H. The van der Waals surface area contributed by atoms with E-state index < -0.39 is 0 Å². The molecule has 0 amide bonds. The van der Waals surface area contributed by atoms with E-state index in [0.717, 1.165) is 107 Å². The average Bonchev–Trinajstić information content (AvgIpc) is 1.60. The number of hydrogen-bond acceptors (Lipinski definition) is 5. The van der Waals surface area contributed by atoms with Gasteiger partial charge in [0.2, 0.25) is 0 Å². The highest BCUT2D eigenvalue weighted by molar-refractivity contribution is 6.15. The zero-order valence-corrected chi connectivity index (χ0v) is 68.2. The molecule has 11 nitrogen and oxygen atoms in total. The fourth-order valence-electron chi connectivity index (χ4n) is 19.0. The van der Waals surface area contributed by atoms with Crippen molar-refractivity contribution in [2.75, 3.05) is 0 Å². The first-order chi connectivity index (χ1) is 62.5. The van der Waals surface area contributed by atoms with Crippen molar-refractivity contribution in [1.29, 1.82) is 0 Å². The van der Waals surface area contributed by atoms with Crippen LogP contribution in [0.5, 0.6) is 0 Å². The molecule has 590 valence electrons. The molecule has 0 radical (unpaired) electrons. The second-order valence-corrected chi connectivity index (χ2v) is 31.9. The molecule has 0 aliphatic carbocycles. The predicted molar refractivity (Wildman–Crippen MR) is 522 cm³/mol. The van der Waals surface area contributed by atoms with Crippen molar-refractivity contribution in [3.8, 4) is 90.5 Å². The lowest BCUT2D eigenvalue weighted by Gasteiger charge is -2.11. The maximum Gasteiger partial charge on any atom is 0.159 e. The summed E-state index contributed by atoms with van der Waals surface area (Å²) in [5, 5.41) is 14.9. The van der Waals surface area contributed by atoms with Gasteiger partial charge in [0.25, 0.3) is 0 Å². The first-order valence-electron chi connectivity index (χ1n) is 42.6. The molecular formula is C115H75N11. The molecule has 0 bridgehead atoms. The van der Waals surface area contributed by atoms with Crippen LogP contribution in [0.15, 0.2) is 455 Å². The summed E-state index contributed by atoms with van der Waals surface area (Å²) < 4.78 is 13.9. The summed E-state index contributed by atoms with van der Waals surface area (Å²) in [6.07, 6.45) is 7.78. The molecule has 0 N–H and O–H groups in total. The Morgan fingerprint density at radius 1 is 0.135 bits per heavy atom. The Hall–Kier alpha value is -17.2. The normalized spacial score (nSPS) is 11.7. The highest BCUT2D eigenvalue weighted by Gasteiger charge is 2.22. The average molecular weight is 1610 g/mol. The number of fused-ring (bicyclic) bond motifs is 18. The monoisotopic (exact) mass is 1610 g/mol. The number of aromatic nitrogens is 11. The van der Waals surface area contributed by atoms with Gasteiger partial charge in [-0.15, -0.1) is 0 Å². The summed E-state index contributed by atoms with van der Waals surface area (Å²) >= 11 is 0. The molecule has 10 aromatic heterocycles. The zero-order valence-electron chi connectivity index (χ0n) is 68.2. The number of hydrogen-bond donors (Lipinski definition) is 0. The molecule has 26 rings (SSSR count). The molecule has 0 aliphatic rings. The van der Waals surface area contributed by atoms with E-state index >= 15 is 0 Å². The molecule has 0 saturated heterocycles. The van der Waals surface area contributed by atoms with Gasteiger partial charge in [-0.25, -0.2) is 15.0 Å². The molecule has 0 fully saturated rings. The quantitative estimate of drug-likeness (QED) is 0.129. The van der Waals surface area contributed by atoms with Crippen LogP contribution in [0.25, 0.3) is 221 Å². The van der Waals surface area contributed by atoms with Crippen molar-refractivity contribution in [3.63, 3.8) is 0 Å². The zero-order chi connectivity index (χ0) is 83.1. The van der Waals surface area contributed by atoms with Gasteiger partial charge in [0, 0.05) is 121 Å². The third kappa shape index (κ3) is 12.4. The second-order valence-electron chi connectivity index (χ2n) is 31.9. The van der Waals surface area contributed by atoms with Crippen molar-refractivity contribution in [3.05, 3.63) is 455 Å². The number of para-hydroxylation sites is 10. The fraction of sp³-hybridized carbons (Fsp3) is 0. The highest BCUT2D eigenvalue weighted by Crippen LogP contribution is 2.42. The predicted octanol–water partition coefficient (Wildman–Crippen LogP) is 29.0. The van der Waals surface area contributed by atoms with E-state index in [4.69, 9.17) is 24.9 Å². The highest BCUT2D eigenvalue weighted by atomic mass is 15.0. The Labute approximate surface area is 724 Å². The van der Waals surface area contributed by atoms with E-state index in [0.29, 0.717) is 5.82 Å². The molecule has 11 heteroatoms. The van der Waals surface area contributed by atoms with Crippen LogP contribution < -0.4 is 0 Å². The molecule has 126 heavy (non-hydrogen) atoms. The Bertz CT molecular complexity index is 8290. The first-order valence-corrected chi connectivity index (χ1v) is 42.6. The molecule has 26 aromatic rings. The van der Waals surface area contributed by atoms with E-state index in [1.165, 1.54) is 109 Å². The minimum Gasteiger partial charge on any atom is -0.309 e. The van der Waals surface area contributed by atoms with E-state index in [9.17, 15) is 0 Å². The summed E-state index contributed by atoms with van der Waals surface area (Å²) in [5.74, 6) is 0.688. The van der Waals surface area contributed by atoms with Gasteiger partial charge in [-0.3, -0.25) is 9.97 Å². The van der Waals surface area contributed by atoms with Crippen LogP contribution in [-0.4, -0.2) is 52.3 Å². The smallest absolute Gasteiger partial charge is 0.159 e. The molecular weight excluding hydrogens is 1540 g/mol. The minimum absolute atomic E-state index is 0.688. The van der Waals surface area contributed by atoms with Gasteiger partial charge in [0.05, 0.1) is 119 Å². The maximum atomic E-state index is 5.08. The lowest BCUT2D eigenvalue weighted by atomic mass is 10.1. The Kier molecular flexibility index (Phi) is 17.6. The van der Waals surface area contributed by atoms with Crippen LogP contribution in [0.4, 0.5) is 0 Å². The van der Waals surface area contributed by atoms with Crippen molar-refractivity contribution < 1.29 is 0 Å². The van der Waals surface area contributed by atoms with Crippen molar-refractivity contribution in [1.82, 2.24) is 52.3 Å². The van der Waals surface area contributed by atoms with E-state index in [1.807, 2.05) is 49.1 Å². The van der Waals surface area contributed by atoms with E-state index in [1.54, 1.807) is 0 Å². The number of benzene rings is 16.